The van der Waals surface area contributed by atoms with Crippen LogP contribution in [0.4, 0.5) is 0 Å². The molecule has 0 aromatic carbocycles. The van der Waals surface area contributed by atoms with Crippen LogP contribution in [0.25, 0.3) is 0 Å². The molecule has 3 N–H and O–H groups in total. The van der Waals surface area contributed by atoms with Crippen LogP contribution in [0, 0.1) is 52.3 Å². The molecule has 0 aromatic rings. The zero-order valence-corrected chi connectivity index (χ0v) is 23.7. The van der Waals surface area contributed by atoms with Crippen molar-refractivity contribution in [2.24, 2.45) is 52.3 Å². The lowest BCUT2D eigenvalue weighted by atomic mass is 9.41. The van der Waals surface area contributed by atoms with Crippen molar-refractivity contribution in [3.8, 4) is 0 Å². The molecule has 0 amide bonds. The summed E-state index contributed by atoms with van der Waals surface area (Å²) in [5, 5.41) is 31.1. The molecule has 0 heterocycles. The summed E-state index contributed by atoms with van der Waals surface area (Å²) >= 11 is 0. The highest BCUT2D eigenvalue weighted by Gasteiger charge is 2.64. The van der Waals surface area contributed by atoms with Crippen LogP contribution in [0.1, 0.15) is 98.3 Å². The molecule has 0 bridgehead atoms. The van der Waals surface area contributed by atoms with Crippen LogP contribution >= 0.6 is 0 Å². The van der Waals surface area contributed by atoms with Crippen molar-refractivity contribution in [1.82, 2.24) is 0 Å². The molecular formula is C29H50O6S. The largest absolute Gasteiger partial charge is 0.481 e. The van der Waals surface area contributed by atoms with E-state index in [2.05, 4.69) is 27.7 Å². The summed E-state index contributed by atoms with van der Waals surface area (Å²) < 4.78 is 24.5. The standard InChI is InChI=1S/C29H50O6S/c1-5-20-24-17-19(30)10-13-29(24,4)23-11-14-28(3)21(8-9-22(28)26(23)27(20)33)18(2)7-6-15-36(34,35)16-12-25(31)32/h18-24,26-27,30,33H,5-17H2,1-4H3,(H,31,32)/t18-,19-,20-,21-,22+,23+,24+,26+,27-,28-,29-/m1/s1. The lowest BCUT2D eigenvalue weighted by molar-refractivity contribution is -0.203. The molecule has 0 aliphatic heterocycles. The van der Waals surface area contributed by atoms with E-state index < -0.39 is 15.8 Å². The van der Waals surface area contributed by atoms with Gasteiger partial charge in [0.2, 0.25) is 0 Å². The van der Waals surface area contributed by atoms with Crippen LogP contribution in [0.3, 0.4) is 0 Å². The molecule has 0 radical (unpaired) electrons. The topological polar surface area (TPSA) is 112 Å². The highest BCUT2D eigenvalue weighted by Crippen LogP contribution is 2.69. The molecule has 4 aliphatic carbocycles. The van der Waals surface area contributed by atoms with Gasteiger partial charge in [-0.2, -0.15) is 0 Å². The van der Waals surface area contributed by atoms with Crippen molar-refractivity contribution in [3.05, 3.63) is 0 Å². The van der Waals surface area contributed by atoms with Crippen molar-refractivity contribution in [2.45, 2.75) is 111 Å². The average Bonchev–Trinajstić information content (AvgIpc) is 3.16. The molecule has 0 unspecified atom stereocenters. The summed E-state index contributed by atoms with van der Waals surface area (Å²) in [6, 6.07) is 0. The van der Waals surface area contributed by atoms with Gasteiger partial charge in [-0.15, -0.1) is 0 Å². The average molecular weight is 527 g/mol. The minimum atomic E-state index is -3.32. The Bertz CT molecular complexity index is 903. The molecule has 0 saturated heterocycles. The summed E-state index contributed by atoms with van der Waals surface area (Å²) in [4.78, 5) is 10.8. The normalized spacial score (nSPS) is 45.4. The van der Waals surface area contributed by atoms with Gasteiger partial charge in [-0.25, -0.2) is 8.42 Å². The molecule has 0 aromatic heterocycles. The Balaban J connectivity index is 1.46. The summed E-state index contributed by atoms with van der Waals surface area (Å²) in [5.41, 5.74) is 0.387. The summed E-state index contributed by atoms with van der Waals surface area (Å²) in [5.74, 6) is 1.74. The first-order valence-corrected chi connectivity index (χ1v) is 16.4. The molecule has 36 heavy (non-hydrogen) atoms. The third-order valence-electron chi connectivity index (χ3n) is 11.9. The Labute approximate surface area is 218 Å². The number of aliphatic carboxylic acids is 1. The first-order valence-electron chi connectivity index (χ1n) is 14.6. The zero-order chi connectivity index (χ0) is 26.5. The van der Waals surface area contributed by atoms with Crippen molar-refractivity contribution in [2.75, 3.05) is 11.5 Å². The highest BCUT2D eigenvalue weighted by atomic mass is 32.2. The minimum absolute atomic E-state index is 0.0741. The van der Waals surface area contributed by atoms with E-state index >= 15 is 0 Å². The fourth-order valence-electron chi connectivity index (χ4n) is 10.1. The van der Waals surface area contributed by atoms with Gasteiger partial charge in [-0.1, -0.05) is 34.1 Å². The van der Waals surface area contributed by atoms with E-state index in [9.17, 15) is 23.4 Å². The van der Waals surface area contributed by atoms with Crippen LogP contribution in [-0.4, -0.2) is 53.4 Å². The van der Waals surface area contributed by atoms with Gasteiger partial charge in [0, 0.05) is 0 Å². The number of carboxylic acids is 1. The van der Waals surface area contributed by atoms with Crippen molar-refractivity contribution in [1.29, 1.82) is 0 Å². The number of aliphatic hydroxyl groups is 2. The van der Waals surface area contributed by atoms with Gasteiger partial charge in [-0.3, -0.25) is 4.79 Å². The van der Waals surface area contributed by atoms with Gasteiger partial charge >= 0.3 is 5.97 Å². The quantitative estimate of drug-likeness (QED) is 0.393. The summed E-state index contributed by atoms with van der Waals surface area (Å²) in [6.45, 7) is 9.42. The number of hydrogen-bond acceptors (Lipinski definition) is 5. The van der Waals surface area contributed by atoms with E-state index in [4.69, 9.17) is 5.11 Å². The van der Waals surface area contributed by atoms with Gasteiger partial charge in [0.25, 0.3) is 0 Å². The number of aliphatic hydroxyl groups excluding tert-OH is 2. The van der Waals surface area contributed by atoms with Crippen LogP contribution < -0.4 is 0 Å². The lowest BCUT2D eigenvalue weighted by Gasteiger charge is -2.64. The van der Waals surface area contributed by atoms with Gasteiger partial charge < -0.3 is 15.3 Å². The predicted octanol–water partition coefficient (Wildman–Crippen LogP) is 4.92. The second-order valence-electron chi connectivity index (χ2n) is 13.5. The third kappa shape index (κ3) is 5.02. The number of rotatable bonds is 9. The summed E-state index contributed by atoms with van der Waals surface area (Å²) in [6.07, 6.45) is 9.02. The second kappa shape index (κ2) is 10.5. The maximum Gasteiger partial charge on any atom is 0.304 e. The van der Waals surface area contributed by atoms with Gasteiger partial charge in [-0.05, 0) is 110 Å². The molecular weight excluding hydrogens is 476 g/mol. The molecule has 11 atom stereocenters. The summed E-state index contributed by atoms with van der Waals surface area (Å²) in [7, 11) is -3.32. The van der Waals surface area contributed by atoms with E-state index in [1.807, 2.05) is 0 Å². The Morgan fingerprint density at radius 1 is 0.972 bits per heavy atom. The number of fused-ring (bicyclic) bond motifs is 5. The first-order chi connectivity index (χ1) is 16.8. The van der Waals surface area contributed by atoms with E-state index in [0.29, 0.717) is 41.9 Å². The van der Waals surface area contributed by atoms with Crippen molar-refractivity contribution >= 4 is 15.8 Å². The molecule has 4 saturated carbocycles. The van der Waals surface area contributed by atoms with Crippen molar-refractivity contribution < 1.29 is 28.5 Å². The number of carboxylic acid groups (broad SMARTS) is 1. The second-order valence-corrected chi connectivity index (χ2v) is 15.8. The predicted molar refractivity (Wildman–Crippen MR) is 141 cm³/mol. The van der Waals surface area contributed by atoms with Crippen LogP contribution in [0.2, 0.25) is 0 Å². The lowest BCUT2D eigenvalue weighted by Crippen LogP contribution is -2.62. The molecule has 4 aliphatic rings. The van der Waals surface area contributed by atoms with Crippen LogP contribution in [0.15, 0.2) is 0 Å². The molecule has 0 spiro atoms. The van der Waals surface area contributed by atoms with Crippen molar-refractivity contribution in [3.63, 3.8) is 0 Å². The minimum Gasteiger partial charge on any atom is -0.481 e. The Morgan fingerprint density at radius 2 is 1.64 bits per heavy atom. The smallest absolute Gasteiger partial charge is 0.304 e. The van der Waals surface area contributed by atoms with Gasteiger partial charge in [0.15, 0.2) is 9.84 Å². The molecule has 6 nitrogen and oxygen atoms in total. The Kier molecular flexibility index (Phi) is 8.26. The number of carbonyl (C=O) groups is 1. The third-order valence-corrected chi connectivity index (χ3v) is 13.6. The molecule has 4 rings (SSSR count). The van der Waals surface area contributed by atoms with Crippen LogP contribution in [0.5, 0.6) is 0 Å². The Morgan fingerprint density at radius 3 is 2.31 bits per heavy atom. The Hall–Kier alpha value is -0.660. The van der Waals surface area contributed by atoms with Gasteiger partial charge in [0.05, 0.1) is 30.1 Å². The molecule has 7 heteroatoms. The number of sulfone groups is 1. The maximum atomic E-state index is 12.2. The maximum absolute atomic E-state index is 12.2. The molecule has 208 valence electrons. The highest BCUT2D eigenvalue weighted by molar-refractivity contribution is 7.91. The molecule has 4 fully saturated rings. The monoisotopic (exact) mass is 526 g/mol. The fourth-order valence-corrected chi connectivity index (χ4v) is 11.4. The van der Waals surface area contributed by atoms with E-state index in [0.717, 1.165) is 51.4 Å². The van der Waals surface area contributed by atoms with Crippen LogP contribution in [-0.2, 0) is 14.6 Å². The zero-order valence-electron chi connectivity index (χ0n) is 22.9. The van der Waals surface area contributed by atoms with E-state index in [1.165, 1.54) is 6.42 Å². The van der Waals surface area contributed by atoms with E-state index in [-0.39, 0.29) is 46.9 Å². The van der Waals surface area contributed by atoms with E-state index in [1.54, 1.807) is 0 Å². The number of hydrogen-bond donors (Lipinski definition) is 3. The first kappa shape index (κ1) is 28.4. The SMILES string of the molecule is CC[C@H]1[C@@H](O)[C@@H]2[C@H](CC[C@]3(C)[C@@H]([C@H](C)CCCS(=O)(=O)CCC(=O)O)CC[C@@H]23)[C@@]2(C)CC[C@@H](O)C[C@@H]12. The fraction of sp³-hybridized carbons (Fsp3) is 0.966. The van der Waals surface area contributed by atoms with Gasteiger partial charge in [0.1, 0.15) is 0 Å².